The molecule has 1 fully saturated rings. The van der Waals surface area contributed by atoms with Gasteiger partial charge >= 0.3 is 0 Å². The van der Waals surface area contributed by atoms with E-state index >= 15 is 0 Å². The Kier molecular flexibility index (Phi) is 3.97. The van der Waals surface area contributed by atoms with Gasteiger partial charge in [0, 0.05) is 30.2 Å². The summed E-state index contributed by atoms with van der Waals surface area (Å²) in [4.78, 5) is 17.6. The summed E-state index contributed by atoms with van der Waals surface area (Å²) >= 11 is 0. The first-order valence-electron chi connectivity index (χ1n) is 7.74. The van der Waals surface area contributed by atoms with Gasteiger partial charge in [0.15, 0.2) is 0 Å². The van der Waals surface area contributed by atoms with Gasteiger partial charge in [0.2, 0.25) is 5.91 Å². The van der Waals surface area contributed by atoms with Crippen LogP contribution in [-0.2, 0) is 11.2 Å². The zero-order valence-corrected chi connectivity index (χ0v) is 12.5. The summed E-state index contributed by atoms with van der Waals surface area (Å²) in [7, 11) is 0. The molecule has 1 saturated heterocycles. The summed E-state index contributed by atoms with van der Waals surface area (Å²) in [6.45, 7) is 3.94. The average Bonchev–Trinajstić information content (AvgIpc) is 2.91. The standard InChI is InChI=1S/C17H23N3O/c1-12-6-8-20(9-7-12)17(21)15(18)10-13-11-19-16-5-3-2-4-14(13)16/h2-5,11-12,15,19H,6-10,18H2,1H3/t15-/m0/s1. The number of nitrogens with zero attached hydrogens (tertiary/aromatic N) is 1. The number of H-pyrrole nitrogens is 1. The number of piperidine rings is 1. The van der Waals surface area contributed by atoms with E-state index in [0.717, 1.165) is 48.3 Å². The van der Waals surface area contributed by atoms with E-state index in [2.05, 4.69) is 18.0 Å². The van der Waals surface area contributed by atoms with E-state index < -0.39 is 6.04 Å². The monoisotopic (exact) mass is 285 g/mol. The molecule has 1 atom stereocenters. The van der Waals surface area contributed by atoms with Crippen molar-refractivity contribution in [3.05, 3.63) is 36.0 Å². The molecule has 0 aliphatic carbocycles. The van der Waals surface area contributed by atoms with Gasteiger partial charge in [-0.15, -0.1) is 0 Å². The molecule has 112 valence electrons. The second kappa shape index (κ2) is 5.90. The third kappa shape index (κ3) is 2.95. The number of carbonyl (C=O) groups excluding carboxylic acids is 1. The Labute approximate surface area is 125 Å². The maximum atomic E-state index is 12.5. The lowest BCUT2D eigenvalue weighted by atomic mass is 9.98. The molecule has 0 saturated carbocycles. The van der Waals surface area contributed by atoms with Gasteiger partial charge in [-0.2, -0.15) is 0 Å². The molecule has 0 unspecified atom stereocenters. The zero-order valence-electron chi connectivity index (χ0n) is 12.5. The molecule has 1 aliphatic heterocycles. The van der Waals surface area contributed by atoms with Crippen LogP contribution in [0, 0.1) is 5.92 Å². The van der Waals surface area contributed by atoms with E-state index in [4.69, 9.17) is 5.73 Å². The summed E-state index contributed by atoms with van der Waals surface area (Å²) in [6.07, 6.45) is 4.74. The van der Waals surface area contributed by atoms with E-state index in [1.165, 1.54) is 0 Å². The molecule has 2 heterocycles. The minimum atomic E-state index is -0.447. The van der Waals surface area contributed by atoms with Crippen LogP contribution in [0.2, 0.25) is 0 Å². The summed E-state index contributed by atoms with van der Waals surface area (Å²) < 4.78 is 0. The van der Waals surface area contributed by atoms with Crippen LogP contribution in [0.1, 0.15) is 25.3 Å². The number of likely N-dealkylation sites (tertiary alicyclic amines) is 1. The highest BCUT2D eigenvalue weighted by molar-refractivity contribution is 5.86. The zero-order chi connectivity index (χ0) is 14.8. The van der Waals surface area contributed by atoms with Gasteiger partial charge in [-0.05, 0) is 36.8 Å². The topological polar surface area (TPSA) is 62.1 Å². The quantitative estimate of drug-likeness (QED) is 0.909. The maximum absolute atomic E-state index is 12.5. The molecule has 1 aromatic heterocycles. The fraction of sp³-hybridized carbons (Fsp3) is 0.471. The number of aromatic nitrogens is 1. The first-order valence-corrected chi connectivity index (χ1v) is 7.74. The molecule has 0 spiro atoms. The van der Waals surface area contributed by atoms with Crippen LogP contribution in [0.4, 0.5) is 0 Å². The van der Waals surface area contributed by atoms with Crippen molar-refractivity contribution in [1.29, 1.82) is 0 Å². The SMILES string of the molecule is CC1CCN(C(=O)[C@@H](N)Cc2c[nH]c3ccccc23)CC1. The molecule has 21 heavy (non-hydrogen) atoms. The molecular weight excluding hydrogens is 262 g/mol. The van der Waals surface area contributed by atoms with Crippen LogP contribution in [0.25, 0.3) is 10.9 Å². The van der Waals surface area contributed by atoms with Gasteiger partial charge in [-0.25, -0.2) is 0 Å². The van der Waals surface area contributed by atoms with Crippen molar-refractivity contribution < 1.29 is 4.79 Å². The van der Waals surface area contributed by atoms with Crippen LogP contribution in [0.5, 0.6) is 0 Å². The molecule has 0 bridgehead atoms. The second-order valence-corrected chi connectivity index (χ2v) is 6.18. The number of benzene rings is 1. The number of amides is 1. The third-order valence-electron chi connectivity index (χ3n) is 4.53. The first kappa shape index (κ1) is 14.1. The van der Waals surface area contributed by atoms with Crippen molar-refractivity contribution in [3.8, 4) is 0 Å². The van der Waals surface area contributed by atoms with Gasteiger partial charge < -0.3 is 15.6 Å². The fourth-order valence-electron chi connectivity index (χ4n) is 3.09. The number of aromatic amines is 1. The summed E-state index contributed by atoms with van der Waals surface area (Å²) in [5.74, 6) is 0.811. The molecule has 1 aromatic carbocycles. The number of fused-ring (bicyclic) bond motifs is 1. The second-order valence-electron chi connectivity index (χ2n) is 6.18. The smallest absolute Gasteiger partial charge is 0.239 e. The number of hydrogen-bond donors (Lipinski definition) is 2. The molecule has 1 aliphatic rings. The molecule has 0 radical (unpaired) electrons. The summed E-state index contributed by atoms with van der Waals surface area (Å²) in [5.41, 5.74) is 8.38. The minimum Gasteiger partial charge on any atom is -0.361 e. The van der Waals surface area contributed by atoms with Gasteiger partial charge in [-0.3, -0.25) is 4.79 Å². The lowest BCUT2D eigenvalue weighted by Gasteiger charge is -2.32. The highest BCUT2D eigenvalue weighted by Gasteiger charge is 2.25. The Bertz CT molecular complexity index is 626. The Morgan fingerprint density at radius 2 is 2.10 bits per heavy atom. The summed E-state index contributed by atoms with van der Waals surface area (Å²) in [6, 6.07) is 7.68. The van der Waals surface area contributed by atoms with Crippen molar-refractivity contribution in [2.45, 2.75) is 32.2 Å². The summed E-state index contributed by atoms with van der Waals surface area (Å²) in [5, 5.41) is 1.16. The number of rotatable bonds is 3. The van der Waals surface area contributed by atoms with Crippen molar-refractivity contribution >= 4 is 16.8 Å². The van der Waals surface area contributed by atoms with E-state index in [-0.39, 0.29) is 5.91 Å². The average molecular weight is 285 g/mol. The molecule has 2 aromatic rings. The normalized spacial score (nSPS) is 18.1. The Balaban J connectivity index is 1.68. The van der Waals surface area contributed by atoms with Crippen molar-refractivity contribution in [2.24, 2.45) is 11.7 Å². The largest absolute Gasteiger partial charge is 0.361 e. The Hall–Kier alpha value is -1.81. The number of para-hydroxylation sites is 1. The van der Waals surface area contributed by atoms with Crippen LogP contribution in [-0.4, -0.2) is 34.9 Å². The Morgan fingerprint density at radius 1 is 1.38 bits per heavy atom. The number of carbonyl (C=O) groups is 1. The number of nitrogens with one attached hydrogen (secondary N) is 1. The molecule has 3 N–H and O–H groups in total. The Morgan fingerprint density at radius 3 is 2.86 bits per heavy atom. The fourth-order valence-corrected chi connectivity index (χ4v) is 3.09. The van der Waals surface area contributed by atoms with Crippen LogP contribution < -0.4 is 5.73 Å². The van der Waals surface area contributed by atoms with E-state index in [9.17, 15) is 4.79 Å². The molecular formula is C17H23N3O. The lowest BCUT2D eigenvalue weighted by Crippen LogP contribution is -2.47. The van der Waals surface area contributed by atoms with Crippen LogP contribution in [0.3, 0.4) is 0 Å². The lowest BCUT2D eigenvalue weighted by molar-refractivity contribution is -0.133. The molecule has 4 nitrogen and oxygen atoms in total. The van der Waals surface area contributed by atoms with Crippen LogP contribution in [0.15, 0.2) is 30.5 Å². The third-order valence-corrected chi connectivity index (χ3v) is 4.53. The molecule has 3 rings (SSSR count). The highest BCUT2D eigenvalue weighted by atomic mass is 16.2. The van der Waals surface area contributed by atoms with E-state index in [0.29, 0.717) is 6.42 Å². The van der Waals surface area contributed by atoms with Gasteiger partial charge in [0.1, 0.15) is 0 Å². The maximum Gasteiger partial charge on any atom is 0.239 e. The number of hydrogen-bond acceptors (Lipinski definition) is 2. The van der Waals surface area contributed by atoms with Gasteiger partial charge in [0.05, 0.1) is 6.04 Å². The van der Waals surface area contributed by atoms with Gasteiger partial charge in [0.25, 0.3) is 0 Å². The number of nitrogens with two attached hydrogens (primary N) is 1. The molecule has 1 amide bonds. The predicted octanol–water partition coefficient (Wildman–Crippen LogP) is 2.30. The van der Waals surface area contributed by atoms with Crippen molar-refractivity contribution in [3.63, 3.8) is 0 Å². The van der Waals surface area contributed by atoms with Crippen molar-refractivity contribution in [2.75, 3.05) is 13.1 Å². The van der Waals surface area contributed by atoms with Crippen LogP contribution >= 0.6 is 0 Å². The van der Waals surface area contributed by atoms with Crippen molar-refractivity contribution in [1.82, 2.24) is 9.88 Å². The molecule has 4 heteroatoms. The van der Waals surface area contributed by atoms with E-state index in [1.54, 1.807) is 0 Å². The minimum absolute atomic E-state index is 0.0900. The predicted molar refractivity (Wildman–Crippen MR) is 85.0 cm³/mol. The van der Waals surface area contributed by atoms with Gasteiger partial charge in [-0.1, -0.05) is 25.1 Å². The highest BCUT2D eigenvalue weighted by Crippen LogP contribution is 2.20. The first-order chi connectivity index (χ1) is 10.1. The van der Waals surface area contributed by atoms with E-state index in [1.807, 2.05) is 29.3 Å².